The summed E-state index contributed by atoms with van der Waals surface area (Å²) >= 11 is 0. The van der Waals surface area contributed by atoms with Gasteiger partial charge in [-0.15, -0.1) is 0 Å². The van der Waals surface area contributed by atoms with Gasteiger partial charge in [-0.05, 0) is 57.2 Å². The summed E-state index contributed by atoms with van der Waals surface area (Å²) in [6.45, 7) is 5.72. The second kappa shape index (κ2) is 9.46. The van der Waals surface area contributed by atoms with Crippen LogP contribution in [0.4, 0.5) is 5.69 Å². The van der Waals surface area contributed by atoms with Crippen LogP contribution in [0.1, 0.15) is 27.7 Å². The van der Waals surface area contributed by atoms with Gasteiger partial charge in [0, 0.05) is 30.1 Å². The van der Waals surface area contributed by atoms with E-state index in [0.29, 0.717) is 34.7 Å². The van der Waals surface area contributed by atoms with Crippen molar-refractivity contribution in [3.63, 3.8) is 0 Å². The highest BCUT2D eigenvalue weighted by atomic mass is 16.5. The Balaban J connectivity index is 1.29. The highest BCUT2D eigenvalue weighted by molar-refractivity contribution is 6.03. The molecule has 36 heavy (non-hydrogen) atoms. The molecule has 9 heteroatoms. The van der Waals surface area contributed by atoms with Gasteiger partial charge in [0.25, 0.3) is 5.91 Å². The third-order valence-electron chi connectivity index (χ3n) is 5.54. The predicted molar refractivity (Wildman–Crippen MR) is 136 cm³/mol. The first-order chi connectivity index (χ1) is 17.4. The summed E-state index contributed by atoms with van der Waals surface area (Å²) in [6, 6.07) is 22.4. The molecule has 1 amide bonds. The fraction of sp³-hybridized carbons (Fsp3) is 0.148. The van der Waals surface area contributed by atoms with Crippen LogP contribution in [0.25, 0.3) is 17.1 Å². The van der Waals surface area contributed by atoms with Crippen LogP contribution in [0.15, 0.2) is 72.8 Å². The van der Waals surface area contributed by atoms with Gasteiger partial charge in [0.15, 0.2) is 5.82 Å². The van der Waals surface area contributed by atoms with Crippen LogP contribution in [0.3, 0.4) is 0 Å². The Bertz CT molecular complexity index is 1540. The molecule has 0 aliphatic rings. The van der Waals surface area contributed by atoms with E-state index in [9.17, 15) is 4.79 Å². The molecule has 9 nitrogen and oxygen atoms in total. The summed E-state index contributed by atoms with van der Waals surface area (Å²) in [6.07, 6.45) is 0. The number of nitrogens with zero attached hydrogens (tertiary/aromatic N) is 6. The Morgan fingerprint density at radius 1 is 0.889 bits per heavy atom. The monoisotopic (exact) mass is 479 g/mol. The Hall–Kier alpha value is -4.79. The van der Waals surface area contributed by atoms with Crippen molar-refractivity contribution in [2.75, 3.05) is 5.32 Å². The summed E-state index contributed by atoms with van der Waals surface area (Å²) in [5, 5.41) is 11.9. The van der Waals surface area contributed by atoms with E-state index in [1.165, 1.54) is 0 Å². The number of rotatable bonds is 6. The Morgan fingerprint density at radius 2 is 1.64 bits per heavy atom. The Morgan fingerprint density at radius 3 is 2.33 bits per heavy atom. The molecule has 0 spiro atoms. The molecule has 0 bridgehead atoms. The first-order valence-corrected chi connectivity index (χ1v) is 11.4. The van der Waals surface area contributed by atoms with E-state index in [2.05, 4.69) is 25.5 Å². The van der Waals surface area contributed by atoms with Crippen LogP contribution in [0.5, 0.6) is 11.6 Å². The molecule has 3 heterocycles. The Kier molecular flexibility index (Phi) is 6.03. The molecular weight excluding hydrogens is 454 g/mol. The molecule has 5 rings (SSSR count). The van der Waals surface area contributed by atoms with Crippen molar-refractivity contribution in [3.8, 4) is 28.7 Å². The maximum atomic E-state index is 12.9. The van der Waals surface area contributed by atoms with Crippen molar-refractivity contribution in [3.05, 3.63) is 95.7 Å². The quantitative estimate of drug-likeness (QED) is 0.367. The zero-order valence-electron chi connectivity index (χ0n) is 20.4. The van der Waals surface area contributed by atoms with Gasteiger partial charge < -0.3 is 10.1 Å². The second-order valence-electron chi connectivity index (χ2n) is 8.44. The number of aromatic nitrogens is 6. The van der Waals surface area contributed by atoms with Crippen LogP contribution in [-0.2, 0) is 7.05 Å². The maximum Gasteiger partial charge on any atom is 0.273 e. The number of aryl methyl sites for hydroxylation is 4. The molecule has 180 valence electrons. The van der Waals surface area contributed by atoms with Gasteiger partial charge in [-0.2, -0.15) is 15.2 Å². The number of hydrogen-bond donors (Lipinski definition) is 1. The van der Waals surface area contributed by atoms with Gasteiger partial charge in [0.2, 0.25) is 5.88 Å². The summed E-state index contributed by atoms with van der Waals surface area (Å²) in [5.41, 5.74) is 4.67. The molecule has 0 aliphatic carbocycles. The summed E-state index contributed by atoms with van der Waals surface area (Å²) in [7, 11) is 1.75. The number of carbonyl (C=O) groups excluding carboxylic acids is 1. The lowest BCUT2D eigenvalue weighted by molar-refractivity contribution is 0.101. The first kappa shape index (κ1) is 23.0. The minimum Gasteiger partial charge on any atom is -0.439 e. The Labute approximate surface area is 208 Å². The van der Waals surface area contributed by atoms with Crippen LogP contribution in [0, 0.1) is 20.8 Å². The molecule has 0 aliphatic heterocycles. The average molecular weight is 480 g/mol. The number of anilines is 1. The topological polar surface area (TPSA) is 99.8 Å². The highest BCUT2D eigenvalue weighted by Gasteiger charge is 2.15. The van der Waals surface area contributed by atoms with Gasteiger partial charge >= 0.3 is 0 Å². The molecule has 5 aromatic rings. The van der Waals surface area contributed by atoms with E-state index >= 15 is 0 Å². The van der Waals surface area contributed by atoms with Crippen LogP contribution < -0.4 is 10.1 Å². The third kappa shape index (κ3) is 4.85. The van der Waals surface area contributed by atoms with Crippen molar-refractivity contribution in [2.24, 2.45) is 7.05 Å². The predicted octanol–water partition coefficient (Wildman–Crippen LogP) is 5.03. The number of amides is 1. The normalized spacial score (nSPS) is 10.9. The second-order valence-corrected chi connectivity index (χ2v) is 8.44. The van der Waals surface area contributed by atoms with Crippen molar-refractivity contribution in [1.82, 2.24) is 29.5 Å². The van der Waals surface area contributed by atoms with Crippen molar-refractivity contribution in [1.29, 1.82) is 0 Å². The lowest BCUT2D eigenvalue weighted by Crippen LogP contribution is -2.15. The summed E-state index contributed by atoms with van der Waals surface area (Å²) in [5.74, 6) is 1.95. The standard InChI is InChI=1S/C27H25N7O2/c1-17-14-18(2)34(31-17)25-16-26(29-19(3)28-25)36-22-12-10-21(11-13-22)30-27(35)24-15-23(32-33(24)4)20-8-6-5-7-9-20/h5-16H,1-4H3,(H,30,35). The fourth-order valence-corrected chi connectivity index (χ4v) is 3.90. The maximum absolute atomic E-state index is 12.9. The lowest BCUT2D eigenvalue weighted by Gasteiger charge is -2.10. The molecule has 2 aromatic carbocycles. The lowest BCUT2D eigenvalue weighted by atomic mass is 10.1. The molecule has 0 unspecified atom stereocenters. The van der Waals surface area contributed by atoms with E-state index in [0.717, 1.165) is 22.6 Å². The van der Waals surface area contributed by atoms with E-state index in [1.807, 2.05) is 57.2 Å². The van der Waals surface area contributed by atoms with Gasteiger partial charge in [-0.25, -0.2) is 9.67 Å². The van der Waals surface area contributed by atoms with Crippen LogP contribution in [0.2, 0.25) is 0 Å². The van der Waals surface area contributed by atoms with E-state index in [1.54, 1.807) is 52.8 Å². The van der Waals surface area contributed by atoms with Crippen molar-refractivity contribution < 1.29 is 9.53 Å². The minimum absolute atomic E-state index is 0.248. The molecule has 0 radical (unpaired) electrons. The number of hydrogen-bond acceptors (Lipinski definition) is 6. The largest absolute Gasteiger partial charge is 0.439 e. The zero-order valence-corrected chi connectivity index (χ0v) is 20.4. The fourth-order valence-electron chi connectivity index (χ4n) is 3.90. The molecule has 0 saturated heterocycles. The number of ether oxygens (including phenoxy) is 1. The zero-order chi connectivity index (χ0) is 25.2. The van der Waals surface area contributed by atoms with Gasteiger partial charge in [-0.1, -0.05) is 30.3 Å². The van der Waals surface area contributed by atoms with Crippen LogP contribution >= 0.6 is 0 Å². The number of nitrogens with one attached hydrogen (secondary N) is 1. The minimum atomic E-state index is -0.248. The van der Waals surface area contributed by atoms with Gasteiger partial charge in [0.05, 0.1) is 11.4 Å². The van der Waals surface area contributed by atoms with Gasteiger partial charge in [0.1, 0.15) is 17.3 Å². The SMILES string of the molecule is Cc1cc(C)n(-c2cc(Oc3ccc(NC(=O)c4cc(-c5ccccc5)nn4C)cc3)nc(C)n2)n1. The molecule has 0 atom stereocenters. The van der Waals surface area contributed by atoms with Crippen molar-refractivity contribution in [2.45, 2.75) is 20.8 Å². The van der Waals surface area contributed by atoms with Gasteiger partial charge in [-0.3, -0.25) is 9.48 Å². The molecule has 0 fully saturated rings. The van der Waals surface area contributed by atoms with E-state index in [4.69, 9.17) is 4.74 Å². The molecular formula is C27H25N7O2. The van der Waals surface area contributed by atoms with E-state index in [-0.39, 0.29) is 5.91 Å². The number of carbonyl (C=O) groups is 1. The van der Waals surface area contributed by atoms with E-state index < -0.39 is 0 Å². The average Bonchev–Trinajstić information content (AvgIpc) is 3.41. The van der Waals surface area contributed by atoms with Crippen LogP contribution in [-0.4, -0.2) is 35.4 Å². The third-order valence-corrected chi connectivity index (χ3v) is 5.54. The summed E-state index contributed by atoms with van der Waals surface area (Å²) in [4.78, 5) is 21.7. The highest BCUT2D eigenvalue weighted by Crippen LogP contribution is 2.24. The number of benzene rings is 2. The molecule has 1 N–H and O–H groups in total. The molecule has 0 saturated carbocycles. The smallest absolute Gasteiger partial charge is 0.273 e. The molecule has 3 aromatic heterocycles. The summed E-state index contributed by atoms with van der Waals surface area (Å²) < 4.78 is 9.30. The van der Waals surface area contributed by atoms with Crippen molar-refractivity contribution >= 4 is 11.6 Å². The first-order valence-electron chi connectivity index (χ1n) is 11.4.